The molecule has 6 saturated heterocycles. The molecule has 7 aromatic heterocycles. The predicted octanol–water partition coefficient (Wildman–Crippen LogP) is 25.6. The Morgan fingerprint density at radius 1 is 0.286 bits per heavy atom. The zero-order valence-corrected chi connectivity index (χ0v) is 87.4. The summed E-state index contributed by atoms with van der Waals surface area (Å²) in [6.45, 7) is 20.6. The van der Waals surface area contributed by atoms with Crippen LogP contribution in [-0.2, 0) is 69.3 Å². The number of thiophene rings is 1. The van der Waals surface area contributed by atoms with Gasteiger partial charge in [-0.15, -0.1) is 11.3 Å². The number of para-hydroxylation sites is 6. The van der Waals surface area contributed by atoms with Crippen LogP contribution in [0.3, 0.4) is 0 Å². The maximum absolute atomic E-state index is 12.5. The van der Waals surface area contributed by atoms with E-state index in [1.165, 1.54) is 195 Å². The number of rotatable bonds is 26. The van der Waals surface area contributed by atoms with Crippen molar-refractivity contribution in [2.75, 3.05) is 105 Å². The van der Waals surface area contributed by atoms with Crippen LogP contribution in [0.15, 0.2) is 362 Å². The Hall–Kier alpha value is -13.1. The number of anilines is 3. The van der Waals surface area contributed by atoms with Crippen molar-refractivity contribution in [2.24, 2.45) is 0 Å². The van der Waals surface area contributed by atoms with Gasteiger partial charge in [-0.2, -0.15) is 0 Å². The molecule has 25 rings (SSSR count). The largest absolute Gasteiger partial charge is 0.361 e. The highest BCUT2D eigenvalue weighted by molar-refractivity contribution is 7.94. The predicted molar refractivity (Wildman–Crippen MR) is 606 cm³/mol. The maximum atomic E-state index is 12.5. The summed E-state index contributed by atoms with van der Waals surface area (Å²) in [5.74, 6) is 3.33. The second-order valence-electron chi connectivity index (χ2n) is 40.2. The molecule has 6 fully saturated rings. The van der Waals surface area contributed by atoms with Crippen molar-refractivity contribution in [2.45, 2.75) is 124 Å². The van der Waals surface area contributed by atoms with Crippen molar-refractivity contribution in [3.05, 3.63) is 430 Å². The number of sulfonamides is 3. The van der Waals surface area contributed by atoms with E-state index in [1.54, 1.807) is 30.5 Å². The number of hydrogen-bond donors (Lipinski definition) is 9. The third-order valence-corrected chi connectivity index (χ3v) is 34.9. The molecule has 6 unspecified atom stereocenters. The van der Waals surface area contributed by atoms with Gasteiger partial charge in [-0.1, -0.05) is 236 Å². The molecule has 26 heteroatoms. The van der Waals surface area contributed by atoms with Crippen molar-refractivity contribution in [3.8, 4) is 0 Å². The third kappa shape index (κ3) is 26.0. The van der Waals surface area contributed by atoms with Gasteiger partial charge in [0, 0.05) is 203 Å². The summed E-state index contributed by atoms with van der Waals surface area (Å²) < 4.78 is 79.8. The van der Waals surface area contributed by atoms with Crippen molar-refractivity contribution < 1.29 is 25.3 Å². The Balaban J connectivity index is 0.000000108. The molecule has 0 amide bonds. The van der Waals surface area contributed by atoms with Gasteiger partial charge in [0.1, 0.15) is 4.21 Å². The lowest BCUT2D eigenvalue weighted by molar-refractivity contribution is 0.328. The number of nitrogens with zero attached hydrogens (tertiary/aromatic N) is 6. The lowest BCUT2D eigenvalue weighted by Crippen LogP contribution is -2.19. The first-order valence-electron chi connectivity index (χ1n) is 51.5. The van der Waals surface area contributed by atoms with Gasteiger partial charge in [-0.3, -0.25) is 43.6 Å². The first-order valence-corrected chi connectivity index (χ1v) is 57.8. The second-order valence-corrected chi connectivity index (χ2v) is 47.2. The Kier molecular flexibility index (Phi) is 32.3. The van der Waals surface area contributed by atoms with Gasteiger partial charge < -0.3 is 29.9 Å². The van der Waals surface area contributed by atoms with Crippen LogP contribution in [0.4, 0.5) is 17.1 Å². The molecule has 19 aromatic rings. The molecule has 12 aromatic carbocycles. The minimum absolute atomic E-state index is 0.0824. The van der Waals surface area contributed by atoms with Crippen LogP contribution < -0.4 is 14.2 Å². The zero-order valence-electron chi connectivity index (χ0n) is 83.3. The van der Waals surface area contributed by atoms with Crippen LogP contribution in [0.5, 0.6) is 0 Å². The van der Waals surface area contributed by atoms with Crippen LogP contribution in [0.2, 0.25) is 5.02 Å². The molecule has 0 aliphatic carbocycles. The van der Waals surface area contributed by atoms with Gasteiger partial charge in [0.2, 0.25) is 20.0 Å². The molecule has 9 N–H and O–H groups in total. The molecule has 0 spiro atoms. The maximum Gasteiger partial charge on any atom is 0.271 e. The number of nitrogens with one attached hydrogen (secondary N) is 9. The molecule has 13 heterocycles. The Morgan fingerprint density at radius 2 is 0.537 bits per heavy atom. The topological polar surface area (TPSA) is 253 Å². The molecule has 6 aliphatic heterocycles. The van der Waals surface area contributed by atoms with Crippen LogP contribution in [-0.4, -0.2) is 175 Å². The number of hydrogen-bond acceptors (Lipinski definition) is 13. The van der Waals surface area contributed by atoms with E-state index in [1.807, 2.05) is 72.8 Å². The minimum atomic E-state index is -3.52. The highest BCUT2D eigenvalue weighted by atomic mass is 35.5. The molecular formula is C121H130ClN15O6S4. The number of halogens is 1. The summed E-state index contributed by atoms with van der Waals surface area (Å²) >= 11 is 7.34. The van der Waals surface area contributed by atoms with Crippen molar-refractivity contribution >= 4 is 135 Å². The number of H-pyrrole nitrogens is 6. The number of aromatic amines is 6. The van der Waals surface area contributed by atoms with E-state index < -0.39 is 30.1 Å². The smallest absolute Gasteiger partial charge is 0.271 e. The van der Waals surface area contributed by atoms with Crippen LogP contribution in [0.25, 0.3) is 65.4 Å². The highest BCUT2D eigenvalue weighted by Crippen LogP contribution is 2.40. The normalized spacial score (nSPS) is 18.6. The first-order chi connectivity index (χ1) is 71.7. The summed E-state index contributed by atoms with van der Waals surface area (Å²) in [7, 11) is -10.0. The SMILES string of the molecule is CCS(=O)(=O)Nc1cccc(C2CCN(Cc3c[nH]c4ccccc34)C2)c1.CS(=O)(=O)Nc1cccc(C2CCN(Cc3c[nH]c4ccccc34)C2)c1.Clc1cccc(C2CCN(Cc3c[nH]c4ccccc34)C2)c1.O=S(=O)(Nc1cccc(C2CCN(Cc3c[nH]c4ccccc34)C2)c1)c1cccs1.c1ccc(C2CCN(Cc3c[nH]c4ccccc34)C2)cc1.c1ccc(C2CCN(Cc3c[nH]c4ccccc34)C2)cc1. The summed E-state index contributed by atoms with van der Waals surface area (Å²) in [5.41, 5.74) is 25.3. The summed E-state index contributed by atoms with van der Waals surface area (Å²) in [6, 6.07) is 108. The van der Waals surface area contributed by atoms with E-state index in [2.05, 4.69) is 335 Å². The number of benzene rings is 12. The van der Waals surface area contributed by atoms with Gasteiger partial charge in [0.15, 0.2) is 0 Å². The van der Waals surface area contributed by atoms with Crippen molar-refractivity contribution in [3.63, 3.8) is 0 Å². The fourth-order valence-corrected chi connectivity index (χ4v) is 25.8. The minimum Gasteiger partial charge on any atom is -0.361 e. The fourth-order valence-electron chi connectivity index (χ4n) is 22.4. The zero-order chi connectivity index (χ0) is 101. The van der Waals surface area contributed by atoms with Crippen molar-refractivity contribution in [1.29, 1.82) is 0 Å². The van der Waals surface area contributed by atoms with E-state index in [0.717, 1.165) is 116 Å². The van der Waals surface area contributed by atoms with E-state index >= 15 is 0 Å². The van der Waals surface area contributed by atoms with Crippen LogP contribution in [0, 0.1) is 0 Å². The summed E-state index contributed by atoms with van der Waals surface area (Å²) in [5, 5.41) is 10.5. The molecule has 147 heavy (non-hydrogen) atoms. The van der Waals surface area contributed by atoms with Gasteiger partial charge in [0.05, 0.1) is 12.0 Å². The highest BCUT2D eigenvalue weighted by Gasteiger charge is 2.32. The number of fused-ring (bicyclic) bond motifs is 6. The van der Waals surface area contributed by atoms with Crippen LogP contribution in [0.1, 0.15) is 148 Å². The van der Waals surface area contributed by atoms with Crippen molar-refractivity contribution in [1.82, 2.24) is 59.3 Å². The van der Waals surface area contributed by atoms with E-state index in [-0.39, 0.29) is 5.75 Å². The monoisotopic (exact) mass is 2050 g/mol. The molecule has 21 nitrogen and oxygen atoms in total. The van der Waals surface area contributed by atoms with Gasteiger partial charge in [0.25, 0.3) is 10.0 Å². The molecule has 6 aliphatic rings. The fraction of sp³-hybridized carbons (Fsp3) is 0.273. The number of aromatic nitrogens is 6. The molecule has 0 radical (unpaired) electrons. The second kappa shape index (κ2) is 46.9. The van der Waals surface area contributed by atoms with Gasteiger partial charge in [-0.05, 0) is 283 Å². The molecule has 6 atom stereocenters. The average Bonchev–Trinajstić information content (AvgIpc) is 1.63. The standard InChI is InChI=1S/C23H23N3O2S2.C21H25N3O2S.C20H23N3O2S.C19H19ClN2.2C19H20N2/c27-30(28,23-9-4-12-29-23)25-20-6-3-5-17(13-20)18-10-11-26(15-18)16-19-14-24-22-8-2-1-7-21(19)22;1-2-27(25,26)23-19-7-5-6-16(12-19)17-10-11-24(14-17)15-18-13-22-21-9-4-3-8-20(18)21;1-26(24,25)22-18-6-4-5-15(11-18)16-9-10-23(13-16)14-17-12-21-20-8-3-2-7-19(17)20;20-17-5-3-4-14(10-17)15-8-9-22(12-15)13-16-11-21-19-7-2-1-6-18(16)19;2*1-2-6-15(7-3-1)16-10-11-21(13-16)14-17-12-20-19-9-5-4-8-18(17)19/h1-9,12-14,18,24-25H,10-11,15-16H2;3-9,12-13,17,22-23H,2,10-11,14-15H2,1H3;2-8,11-12,16,21-22H,9-10,13-14H2,1H3;1-7,10-11,15,21H,8-9,12-13H2;2*1-9,12,16,20H,10-11,13-14H2. The van der Waals surface area contributed by atoms with Gasteiger partial charge >= 0.3 is 0 Å². The van der Waals surface area contributed by atoms with E-state index in [9.17, 15) is 25.3 Å². The molecular weight excluding hydrogens is 1920 g/mol. The number of likely N-dealkylation sites (tertiary alicyclic amines) is 6. The summed E-state index contributed by atoms with van der Waals surface area (Å²) in [4.78, 5) is 35.3. The lowest BCUT2D eigenvalue weighted by Gasteiger charge is -2.16. The first kappa shape index (κ1) is 101. The molecule has 756 valence electrons. The average molecular weight is 2050 g/mol. The third-order valence-electron chi connectivity index (χ3n) is 30.0. The van der Waals surface area contributed by atoms with Crippen LogP contribution >= 0.6 is 22.9 Å². The Bertz CT molecular complexity index is 7850. The quantitative estimate of drug-likeness (QED) is 0.0245. The lowest BCUT2D eigenvalue weighted by atomic mass is 9.98. The molecule has 0 bridgehead atoms. The Morgan fingerprint density at radius 3 is 0.810 bits per heavy atom. The van der Waals surface area contributed by atoms with E-state index in [0.29, 0.717) is 56.8 Å². The van der Waals surface area contributed by atoms with Gasteiger partial charge in [-0.25, -0.2) is 25.3 Å². The molecule has 0 saturated carbocycles. The van der Waals surface area contributed by atoms with E-state index in [4.69, 9.17) is 11.6 Å². The Labute approximate surface area is 872 Å². The summed E-state index contributed by atoms with van der Waals surface area (Å²) in [6.07, 6.45) is 21.0.